The second kappa shape index (κ2) is 9.34. The van der Waals surface area contributed by atoms with Gasteiger partial charge in [-0.3, -0.25) is 4.79 Å². The molecule has 0 atom stereocenters. The van der Waals surface area contributed by atoms with E-state index < -0.39 is 0 Å². The standard InChI is InChI=1S/C14H29N3O/c1-2-17-10-7-13(8-11-17)12-16-14(18)6-4-3-5-9-15/h13H,2-12,15H2,1H3,(H,16,18). The average Bonchev–Trinajstić information content (AvgIpc) is 2.42. The molecule has 1 amide bonds. The SMILES string of the molecule is CCN1CCC(CNC(=O)CCCCCN)CC1. The van der Waals surface area contributed by atoms with Crippen LogP contribution in [-0.2, 0) is 4.79 Å². The van der Waals surface area contributed by atoms with Crippen molar-refractivity contribution >= 4 is 5.91 Å². The van der Waals surface area contributed by atoms with Gasteiger partial charge < -0.3 is 16.0 Å². The first-order chi connectivity index (χ1) is 8.76. The number of amides is 1. The number of likely N-dealkylation sites (tertiary alicyclic amines) is 1. The lowest BCUT2D eigenvalue weighted by atomic mass is 9.97. The number of hydrogen-bond acceptors (Lipinski definition) is 3. The second-order valence-electron chi connectivity index (χ2n) is 5.28. The van der Waals surface area contributed by atoms with Gasteiger partial charge in [-0.05, 0) is 57.8 Å². The van der Waals surface area contributed by atoms with Crippen molar-refractivity contribution < 1.29 is 4.79 Å². The summed E-state index contributed by atoms with van der Waals surface area (Å²) in [6, 6.07) is 0. The highest BCUT2D eigenvalue weighted by Gasteiger charge is 2.18. The summed E-state index contributed by atoms with van der Waals surface area (Å²) in [4.78, 5) is 14.1. The Kier molecular flexibility index (Phi) is 8.01. The van der Waals surface area contributed by atoms with E-state index >= 15 is 0 Å². The minimum absolute atomic E-state index is 0.213. The number of hydrogen-bond donors (Lipinski definition) is 2. The van der Waals surface area contributed by atoms with E-state index in [1.807, 2.05) is 0 Å². The summed E-state index contributed by atoms with van der Waals surface area (Å²) in [5, 5.41) is 3.07. The Morgan fingerprint density at radius 1 is 1.28 bits per heavy atom. The van der Waals surface area contributed by atoms with Crippen LogP contribution in [0.15, 0.2) is 0 Å². The lowest BCUT2D eigenvalue weighted by molar-refractivity contribution is -0.121. The molecule has 0 bridgehead atoms. The number of nitrogens with two attached hydrogens (primary N) is 1. The molecule has 0 aromatic heterocycles. The predicted octanol–water partition coefficient (Wildman–Crippen LogP) is 1.35. The van der Waals surface area contributed by atoms with Gasteiger partial charge in [-0.15, -0.1) is 0 Å². The van der Waals surface area contributed by atoms with Crippen molar-refractivity contribution in [2.75, 3.05) is 32.7 Å². The van der Waals surface area contributed by atoms with Crippen LogP contribution in [0.2, 0.25) is 0 Å². The first-order valence-electron chi connectivity index (χ1n) is 7.45. The van der Waals surface area contributed by atoms with Crippen molar-refractivity contribution in [1.82, 2.24) is 10.2 Å². The summed E-state index contributed by atoms with van der Waals surface area (Å²) in [6.45, 7) is 7.34. The van der Waals surface area contributed by atoms with E-state index in [-0.39, 0.29) is 5.91 Å². The molecule has 4 nitrogen and oxygen atoms in total. The third kappa shape index (κ3) is 6.36. The molecule has 0 spiro atoms. The van der Waals surface area contributed by atoms with Crippen molar-refractivity contribution in [3.8, 4) is 0 Å². The summed E-state index contributed by atoms with van der Waals surface area (Å²) in [7, 11) is 0. The van der Waals surface area contributed by atoms with E-state index in [4.69, 9.17) is 5.73 Å². The molecule has 1 fully saturated rings. The van der Waals surface area contributed by atoms with Crippen molar-refractivity contribution in [1.29, 1.82) is 0 Å². The minimum Gasteiger partial charge on any atom is -0.356 e. The van der Waals surface area contributed by atoms with Gasteiger partial charge in [0.05, 0.1) is 0 Å². The van der Waals surface area contributed by atoms with Crippen LogP contribution in [0.5, 0.6) is 0 Å². The monoisotopic (exact) mass is 255 g/mol. The fourth-order valence-corrected chi connectivity index (χ4v) is 2.46. The number of rotatable bonds is 8. The van der Waals surface area contributed by atoms with Crippen LogP contribution in [0, 0.1) is 5.92 Å². The Balaban J connectivity index is 2.01. The maximum Gasteiger partial charge on any atom is 0.220 e. The smallest absolute Gasteiger partial charge is 0.220 e. The Morgan fingerprint density at radius 2 is 2.00 bits per heavy atom. The maximum absolute atomic E-state index is 11.6. The van der Waals surface area contributed by atoms with Crippen LogP contribution in [0.1, 0.15) is 45.4 Å². The van der Waals surface area contributed by atoms with Gasteiger partial charge in [-0.2, -0.15) is 0 Å². The molecule has 0 unspecified atom stereocenters. The van der Waals surface area contributed by atoms with E-state index in [1.54, 1.807) is 0 Å². The van der Waals surface area contributed by atoms with Gasteiger partial charge in [-0.25, -0.2) is 0 Å². The zero-order valence-corrected chi connectivity index (χ0v) is 11.8. The van der Waals surface area contributed by atoms with Crippen molar-refractivity contribution in [2.24, 2.45) is 11.7 Å². The summed E-state index contributed by atoms with van der Waals surface area (Å²) in [5.74, 6) is 0.894. The fourth-order valence-electron chi connectivity index (χ4n) is 2.46. The molecule has 0 saturated carbocycles. The number of piperidine rings is 1. The number of carbonyl (C=O) groups excluding carboxylic acids is 1. The quantitative estimate of drug-likeness (QED) is 0.644. The Hall–Kier alpha value is -0.610. The van der Waals surface area contributed by atoms with Crippen LogP contribution >= 0.6 is 0 Å². The molecule has 0 aromatic carbocycles. The highest BCUT2D eigenvalue weighted by molar-refractivity contribution is 5.75. The third-order valence-corrected chi connectivity index (χ3v) is 3.85. The number of nitrogens with one attached hydrogen (secondary N) is 1. The largest absolute Gasteiger partial charge is 0.356 e. The van der Waals surface area contributed by atoms with Crippen molar-refractivity contribution in [2.45, 2.75) is 45.4 Å². The molecule has 18 heavy (non-hydrogen) atoms. The predicted molar refractivity (Wildman–Crippen MR) is 75.4 cm³/mol. The van der Waals surface area contributed by atoms with Gasteiger partial charge in [0, 0.05) is 13.0 Å². The van der Waals surface area contributed by atoms with Crippen LogP contribution in [0.25, 0.3) is 0 Å². The first kappa shape index (κ1) is 15.4. The topological polar surface area (TPSA) is 58.4 Å². The molecular formula is C14H29N3O. The second-order valence-corrected chi connectivity index (χ2v) is 5.28. The Morgan fingerprint density at radius 3 is 2.61 bits per heavy atom. The summed E-state index contributed by atoms with van der Waals surface area (Å²) in [6.07, 6.45) is 6.18. The Bertz CT molecular complexity index is 225. The molecule has 1 aliphatic heterocycles. The van der Waals surface area contributed by atoms with E-state index in [1.165, 1.54) is 25.9 Å². The summed E-state index contributed by atoms with van der Waals surface area (Å²) >= 11 is 0. The molecule has 0 radical (unpaired) electrons. The van der Waals surface area contributed by atoms with Gasteiger partial charge in [0.15, 0.2) is 0 Å². The number of unbranched alkanes of at least 4 members (excludes halogenated alkanes) is 2. The minimum atomic E-state index is 0.213. The average molecular weight is 255 g/mol. The van der Waals surface area contributed by atoms with Gasteiger partial charge in [-0.1, -0.05) is 13.3 Å². The maximum atomic E-state index is 11.6. The van der Waals surface area contributed by atoms with Crippen LogP contribution in [0.4, 0.5) is 0 Å². The Labute approximate surface area is 111 Å². The third-order valence-electron chi connectivity index (χ3n) is 3.85. The molecule has 1 aliphatic rings. The zero-order chi connectivity index (χ0) is 13.2. The lowest BCUT2D eigenvalue weighted by Gasteiger charge is -2.31. The molecule has 0 aromatic rings. The van der Waals surface area contributed by atoms with Crippen LogP contribution in [-0.4, -0.2) is 43.5 Å². The highest BCUT2D eigenvalue weighted by atomic mass is 16.1. The molecule has 106 valence electrons. The molecule has 3 N–H and O–H groups in total. The molecule has 1 rings (SSSR count). The van der Waals surface area contributed by atoms with Crippen LogP contribution in [0.3, 0.4) is 0 Å². The van der Waals surface area contributed by atoms with Gasteiger partial charge >= 0.3 is 0 Å². The molecule has 1 heterocycles. The van der Waals surface area contributed by atoms with E-state index in [9.17, 15) is 4.79 Å². The van der Waals surface area contributed by atoms with E-state index in [0.717, 1.165) is 38.9 Å². The first-order valence-corrected chi connectivity index (χ1v) is 7.45. The highest BCUT2D eigenvalue weighted by Crippen LogP contribution is 2.15. The van der Waals surface area contributed by atoms with Gasteiger partial charge in [0.25, 0.3) is 0 Å². The molecule has 4 heteroatoms. The van der Waals surface area contributed by atoms with Gasteiger partial charge in [0.2, 0.25) is 5.91 Å². The van der Waals surface area contributed by atoms with E-state index in [2.05, 4.69) is 17.1 Å². The van der Waals surface area contributed by atoms with Gasteiger partial charge in [0.1, 0.15) is 0 Å². The number of nitrogens with zero attached hydrogens (tertiary/aromatic N) is 1. The number of carbonyl (C=O) groups is 1. The van der Waals surface area contributed by atoms with Crippen LogP contribution < -0.4 is 11.1 Å². The molecule has 1 saturated heterocycles. The fraction of sp³-hybridized carbons (Fsp3) is 0.929. The summed E-state index contributed by atoms with van der Waals surface area (Å²) in [5.41, 5.74) is 5.42. The summed E-state index contributed by atoms with van der Waals surface area (Å²) < 4.78 is 0. The molecule has 0 aliphatic carbocycles. The van der Waals surface area contributed by atoms with E-state index in [0.29, 0.717) is 12.3 Å². The molecular weight excluding hydrogens is 226 g/mol. The normalized spacial score (nSPS) is 17.9. The van der Waals surface area contributed by atoms with Crippen molar-refractivity contribution in [3.05, 3.63) is 0 Å². The van der Waals surface area contributed by atoms with Crippen molar-refractivity contribution in [3.63, 3.8) is 0 Å². The zero-order valence-electron chi connectivity index (χ0n) is 11.8. The lowest BCUT2D eigenvalue weighted by Crippen LogP contribution is -2.38.